The predicted molar refractivity (Wildman–Crippen MR) is 110 cm³/mol. The summed E-state index contributed by atoms with van der Waals surface area (Å²) in [6.45, 7) is -0.188. The summed E-state index contributed by atoms with van der Waals surface area (Å²) in [7, 11) is -3.48. The molecule has 0 fully saturated rings. The fourth-order valence-electron chi connectivity index (χ4n) is 3.06. The highest BCUT2D eigenvalue weighted by atomic mass is 32.2. The summed E-state index contributed by atoms with van der Waals surface area (Å²) < 4.78 is 38.6. The number of aliphatic hydroxyl groups is 1. The standard InChI is InChI=1S/C22H20FNO4S/c1-29(27,28)21-9-5-4-8-18(21)16-10-11-20(19(23)12-16)24-22(26)13-15-6-2-3-7-17(15)14-25/h2-12,25H,13-14H2,1H3,(H,24,26). The van der Waals surface area contributed by atoms with Crippen molar-refractivity contribution in [1.82, 2.24) is 0 Å². The van der Waals surface area contributed by atoms with Gasteiger partial charge in [-0.05, 0) is 34.9 Å². The normalized spacial score (nSPS) is 11.3. The maximum absolute atomic E-state index is 14.6. The van der Waals surface area contributed by atoms with E-state index in [1.807, 2.05) is 0 Å². The number of carbonyl (C=O) groups is 1. The molecule has 29 heavy (non-hydrogen) atoms. The van der Waals surface area contributed by atoms with Crippen molar-refractivity contribution < 1.29 is 22.7 Å². The van der Waals surface area contributed by atoms with Crippen molar-refractivity contribution >= 4 is 21.4 Å². The van der Waals surface area contributed by atoms with Crippen LogP contribution in [0.15, 0.2) is 71.6 Å². The molecule has 3 aromatic carbocycles. The van der Waals surface area contributed by atoms with Gasteiger partial charge in [0, 0.05) is 11.8 Å². The number of hydrogen-bond donors (Lipinski definition) is 2. The first kappa shape index (κ1) is 20.7. The highest BCUT2D eigenvalue weighted by Crippen LogP contribution is 2.29. The predicted octanol–water partition coefficient (Wildman–Crippen LogP) is 3.57. The Morgan fingerprint density at radius 3 is 2.31 bits per heavy atom. The van der Waals surface area contributed by atoms with Gasteiger partial charge >= 0.3 is 0 Å². The largest absolute Gasteiger partial charge is 0.392 e. The summed E-state index contributed by atoms with van der Waals surface area (Å²) in [4.78, 5) is 12.4. The summed E-state index contributed by atoms with van der Waals surface area (Å²) in [5.74, 6) is -1.09. The van der Waals surface area contributed by atoms with Gasteiger partial charge in [-0.25, -0.2) is 12.8 Å². The van der Waals surface area contributed by atoms with E-state index in [4.69, 9.17) is 0 Å². The zero-order valence-electron chi connectivity index (χ0n) is 15.7. The van der Waals surface area contributed by atoms with Crippen molar-refractivity contribution in [3.8, 4) is 11.1 Å². The number of hydrogen-bond acceptors (Lipinski definition) is 4. The number of sulfone groups is 1. The monoisotopic (exact) mass is 413 g/mol. The van der Waals surface area contributed by atoms with Crippen LogP contribution in [-0.4, -0.2) is 25.7 Å². The lowest BCUT2D eigenvalue weighted by Crippen LogP contribution is -2.16. The fraction of sp³-hybridized carbons (Fsp3) is 0.136. The number of anilines is 1. The Balaban J connectivity index is 1.83. The molecule has 0 aliphatic carbocycles. The van der Waals surface area contributed by atoms with E-state index in [2.05, 4.69) is 5.32 Å². The molecule has 0 radical (unpaired) electrons. The minimum Gasteiger partial charge on any atom is -0.392 e. The molecule has 150 valence electrons. The third-order valence-electron chi connectivity index (χ3n) is 4.48. The lowest BCUT2D eigenvalue weighted by atomic mass is 10.0. The van der Waals surface area contributed by atoms with Gasteiger partial charge in [0.15, 0.2) is 9.84 Å². The quantitative estimate of drug-likeness (QED) is 0.647. The van der Waals surface area contributed by atoms with Crippen molar-refractivity contribution in [1.29, 1.82) is 0 Å². The average molecular weight is 413 g/mol. The molecule has 0 saturated heterocycles. The molecule has 0 bridgehead atoms. The maximum atomic E-state index is 14.6. The summed E-state index contributed by atoms with van der Waals surface area (Å²) in [6.07, 6.45) is 1.09. The molecular formula is C22H20FNO4S. The number of benzene rings is 3. The zero-order valence-corrected chi connectivity index (χ0v) is 16.5. The van der Waals surface area contributed by atoms with E-state index in [-0.39, 0.29) is 23.6 Å². The first-order chi connectivity index (χ1) is 13.8. The molecule has 0 aliphatic heterocycles. The highest BCUT2D eigenvalue weighted by molar-refractivity contribution is 7.90. The lowest BCUT2D eigenvalue weighted by molar-refractivity contribution is -0.115. The SMILES string of the molecule is CS(=O)(=O)c1ccccc1-c1ccc(NC(=O)Cc2ccccc2CO)c(F)c1. The fourth-order valence-corrected chi connectivity index (χ4v) is 3.98. The number of halogens is 1. The summed E-state index contributed by atoms with van der Waals surface area (Å²) in [5, 5.41) is 11.9. The van der Waals surface area contributed by atoms with Crippen molar-refractivity contribution in [2.45, 2.75) is 17.9 Å². The lowest BCUT2D eigenvalue weighted by Gasteiger charge is -2.12. The molecule has 0 atom stereocenters. The van der Waals surface area contributed by atoms with E-state index in [0.717, 1.165) is 6.26 Å². The molecule has 1 amide bonds. The molecule has 0 aromatic heterocycles. The van der Waals surface area contributed by atoms with Gasteiger partial charge in [-0.1, -0.05) is 48.5 Å². The first-order valence-electron chi connectivity index (χ1n) is 8.86. The summed E-state index contributed by atoms with van der Waals surface area (Å²) >= 11 is 0. The van der Waals surface area contributed by atoms with E-state index in [1.54, 1.807) is 48.5 Å². The van der Waals surface area contributed by atoms with Crippen LogP contribution in [0.2, 0.25) is 0 Å². The number of carbonyl (C=O) groups excluding carboxylic acids is 1. The van der Waals surface area contributed by atoms with Crippen LogP contribution in [0.4, 0.5) is 10.1 Å². The second-order valence-electron chi connectivity index (χ2n) is 6.61. The Bertz CT molecular complexity index is 1160. The molecule has 0 spiro atoms. The molecular weight excluding hydrogens is 393 g/mol. The topological polar surface area (TPSA) is 83.5 Å². The maximum Gasteiger partial charge on any atom is 0.228 e. The van der Waals surface area contributed by atoms with Crippen LogP contribution < -0.4 is 5.32 Å². The Hall–Kier alpha value is -3.03. The van der Waals surface area contributed by atoms with E-state index in [0.29, 0.717) is 22.3 Å². The highest BCUT2D eigenvalue weighted by Gasteiger charge is 2.16. The van der Waals surface area contributed by atoms with Crippen molar-refractivity contribution in [3.63, 3.8) is 0 Å². The van der Waals surface area contributed by atoms with E-state index < -0.39 is 21.6 Å². The second-order valence-corrected chi connectivity index (χ2v) is 8.60. The molecule has 3 aromatic rings. The van der Waals surface area contributed by atoms with Gasteiger partial charge in [0.1, 0.15) is 5.82 Å². The van der Waals surface area contributed by atoms with Gasteiger partial charge in [0.05, 0.1) is 23.6 Å². The summed E-state index contributed by atoms with van der Waals surface area (Å²) in [5.41, 5.74) is 2.08. The van der Waals surface area contributed by atoms with Crippen LogP contribution in [0.1, 0.15) is 11.1 Å². The third kappa shape index (κ3) is 4.88. The minimum absolute atomic E-state index is 0.00272. The van der Waals surface area contributed by atoms with Gasteiger partial charge in [0.2, 0.25) is 5.91 Å². The van der Waals surface area contributed by atoms with Gasteiger partial charge < -0.3 is 10.4 Å². The van der Waals surface area contributed by atoms with Gasteiger partial charge in [-0.15, -0.1) is 0 Å². The minimum atomic E-state index is -3.48. The van der Waals surface area contributed by atoms with Crippen LogP contribution in [0.25, 0.3) is 11.1 Å². The molecule has 3 rings (SSSR count). The van der Waals surface area contributed by atoms with E-state index in [9.17, 15) is 22.7 Å². The molecule has 2 N–H and O–H groups in total. The van der Waals surface area contributed by atoms with Crippen molar-refractivity contribution in [2.24, 2.45) is 0 Å². The molecule has 0 aliphatic rings. The molecule has 0 heterocycles. The number of rotatable bonds is 6. The van der Waals surface area contributed by atoms with Crippen LogP contribution in [0.5, 0.6) is 0 Å². The smallest absolute Gasteiger partial charge is 0.228 e. The van der Waals surface area contributed by atoms with Crippen molar-refractivity contribution in [3.05, 3.63) is 83.7 Å². The van der Waals surface area contributed by atoms with Crippen molar-refractivity contribution in [2.75, 3.05) is 11.6 Å². The molecule has 5 nitrogen and oxygen atoms in total. The van der Waals surface area contributed by atoms with E-state index in [1.165, 1.54) is 18.2 Å². The zero-order chi connectivity index (χ0) is 21.0. The number of nitrogens with one attached hydrogen (secondary N) is 1. The van der Waals surface area contributed by atoms with Crippen LogP contribution in [0.3, 0.4) is 0 Å². The summed E-state index contributed by atoms with van der Waals surface area (Å²) in [6, 6.07) is 17.5. The Morgan fingerprint density at radius 2 is 1.66 bits per heavy atom. The molecule has 0 saturated carbocycles. The Labute approximate surface area is 168 Å². The third-order valence-corrected chi connectivity index (χ3v) is 5.64. The second kappa shape index (κ2) is 8.55. The molecule has 0 unspecified atom stereocenters. The van der Waals surface area contributed by atoms with Crippen LogP contribution in [0, 0.1) is 5.82 Å². The van der Waals surface area contributed by atoms with E-state index >= 15 is 0 Å². The van der Waals surface area contributed by atoms with Gasteiger partial charge in [-0.3, -0.25) is 4.79 Å². The number of amides is 1. The Kier molecular flexibility index (Phi) is 6.10. The van der Waals surface area contributed by atoms with Crippen LogP contribution >= 0.6 is 0 Å². The van der Waals surface area contributed by atoms with Crippen LogP contribution in [-0.2, 0) is 27.7 Å². The average Bonchev–Trinajstić information content (AvgIpc) is 2.69. The van der Waals surface area contributed by atoms with Gasteiger partial charge in [0.25, 0.3) is 0 Å². The van der Waals surface area contributed by atoms with Gasteiger partial charge in [-0.2, -0.15) is 0 Å². The molecule has 7 heteroatoms. The first-order valence-corrected chi connectivity index (χ1v) is 10.7. The Morgan fingerprint density at radius 1 is 1.00 bits per heavy atom. The number of aliphatic hydroxyl groups excluding tert-OH is 1.